The first-order valence-corrected chi connectivity index (χ1v) is 4.33. The Labute approximate surface area is 87.6 Å². The maximum atomic E-state index is 11.4. The predicted octanol–water partition coefficient (Wildman–Crippen LogP) is -1.08. The lowest BCUT2D eigenvalue weighted by Crippen LogP contribution is -2.42. The first-order chi connectivity index (χ1) is 7.58. The van der Waals surface area contributed by atoms with Crippen LogP contribution in [0.4, 0.5) is 0 Å². The molecule has 2 aromatic rings. The fourth-order valence-electron chi connectivity index (χ4n) is 1.30. The van der Waals surface area contributed by atoms with E-state index in [1.807, 2.05) is 9.97 Å². The highest BCUT2D eigenvalue weighted by atomic mass is 16.3. The van der Waals surface area contributed by atoms with E-state index < -0.39 is 17.1 Å². The van der Waals surface area contributed by atoms with Crippen LogP contribution in [0.25, 0.3) is 5.69 Å². The van der Waals surface area contributed by atoms with Gasteiger partial charge in [-0.15, -0.1) is 0 Å². The highest BCUT2D eigenvalue weighted by molar-refractivity contribution is 5.37. The van der Waals surface area contributed by atoms with Gasteiger partial charge in [0, 0.05) is 6.07 Å². The van der Waals surface area contributed by atoms with Gasteiger partial charge in [0.1, 0.15) is 5.75 Å². The SMILES string of the molecule is O=c1[nH]c(=O)n(-c2cccc(O)c2)c(=O)[nH]1. The Bertz CT molecular complexity index is 660. The topological polar surface area (TPSA) is 108 Å². The Morgan fingerprint density at radius 3 is 2.25 bits per heavy atom. The van der Waals surface area contributed by atoms with Crippen molar-refractivity contribution < 1.29 is 5.11 Å². The zero-order valence-electron chi connectivity index (χ0n) is 7.93. The van der Waals surface area contributed by atoms with E-state index in [1.165, 1.54) is 24.3 Å². The number of hydrogen-bond acceptors (Lipinski definition) is 4. The number of aromatic amines is 2. The van der Waals surface area contributed by atoms with Crippen molar-refractivity contribution in [3.63, 3.8) is 0 Å². The molecule has 82 valence electrons. The molecule has 0 atom stereocenters. The van der Waals surface area contributed by atoms with E-state index in [1.54, 1.807) is 0 Å². The van der Waals surface area contributed by atoms with Crippen LogP contribution in [0.3, 0.4) is 0 Å². The second-order valence-electron chi connectivity index (χ2n) is 3.04. The molecule has 0 saturated carbocycles. The van der Waals surface area contributed by atoms with Crippen LogP contribution in [-0.2, 0) is 0 Å². The molecule has 7 nitrogen and oxygen atoms in total. The maximum Gasteiger partial charge on any atom is 0.338 e. The number of phenolic OH excluding ortho intramolecular Hbond substituents is 1. The molecule has 0 saturated heterocycles. The third kappa shape index (κ3) is 1.65. The normalized spacial score (nSPS) is 10.2. The maximum absolute atomic E-state index is 11.4. The summed E-state index contributed by atoms with van der Waals surface area (Å²) in [5.41, 5.74) is -2.42. The standard InChI is InChI=1S/C9H7N3O4/c13-6-3-1-2-5(4-6)12-8(15)10-7(14)11-9(12)16/h1-4,13H,(H2,10,11,14,15,16). The summed E-state index contributed by atoms with van der Waals surface area (Å²) >= 11 is 0. The van der Waals surface area contributed by atoms with Gasteiger partial charge in [-0.1, -0.05) is 6.07 Å². The lowest BCUT2D eigenvalue weighted by molar-refractivity contribution is 0.475. The van der Waals surface area contributed by atoms with Gasteiger partial charge in [0.05, 0.1) is 5.69 Å². The number of rotatable bonds is 1. The van der Waals surface area contributed by atoms with Crippen LogP contribution in [0.1, 0.15) is 0 Å². The number of H-pyrrole nitrogens is 2. The van der Waals surface area contributed by atoms with E-state index in [9.17, 15) is 19.5 Å². The molecule has 0 spiro atoms. The van der Waals surface area contributed by atoms with Gasteiger partial charge in [-0.2, -0.15) is 0 Å². The molecule has 0 unspecified atom stereocenters. The molecule has 0 aliphatic rings. The van der Waals surface area contributed by atoms with Crippen LogP contribution in [0, 0.1) is 0 Å². The van der Waals surface area contributed by atoms with E-state index in [4.69, 9.17) is 0 Å². The summed E-state index contributed by atoms with van der Waals surface area (Å²) in [5.74, 6) is -0.0880. The van der Waals surface area contributed by atoms with E-state index in [-0.39, 0.29) is 11.4 Å². The summed E-state index contributed by atoms with van der Waals surface area (Å²) < 4.78 is 0.709. The average Bonchev–Trinajstić information content (AvgIpc) is 2.15. The molecule has 1 heterocycles. The van der Waals surface area contributed by atoms with Gasteiger partial charge in [0.2, 0.25) is 0 Å². The van der Waals surface area contributed by atoms with Gasteiger partial charge >= 0.3 is 17.1 Å². The smallest absolute Gasteiger partial charge is 0.338 e. The van der Waals surface area contributed by atoms with Gasteiger partial charge in [-0.3, -0.25) is 9.97 Å². The largest absolute Gasteiger partial charge is 0.508 e. The Balaban J connectivity index is 2.80. The summed E-state index contributed by atoms with van der Waals surface area (Å²) in [4.78, 5) is 37.4. The van der Waals surface area contributed by atoms with Crippen LogP contribution in [-0.4, -0.2) is 19.6 Å². The predicted molar refractivity (Wildman–Crippen MR) is 54.9 cm³/mol. The van der Waals surface area contributed by atoms with Crippen LogP contribution < -0.4 is 17.1 Å². The molecule has 0 radical (unpaired) electrons. The van der Waals surface area contributed by atoms with Crippen molar-refractivity contribution in [2.24, 2.45) is 0 Å². The zero-order chi connectivity index (χ0) is 11.7. The van der Waals surface area contributed by atoms with Crippen molar-refractivity contribution in [1.29, 1.82) is 0 Å². The molecule has 1 aromatic carbocycles. The molecule has 0 bridgehead atoms. The Kier molecular flexibility index (Phi) is 2.20. The van der Waals surface area contributed by atoms with Crippen LogP contribution in [0.2, 0.25) is 0 Å². The molecule has 0 fully saturated rings. The fraction of sp³-hybridized carbons (Fsp3) is 0. The van der Waals surface area contributed by atoms with E-state index in [0.29, 0.717) is 4.57 Å². The number of aromatic nitrogens is 3. The lowest BCUT2D eigenvalue weighted by atomic mass is 10.3. The van der Waals surface area contributed by atoms with Crippen molar-refractivity contribution in [1.82, 2.24) is 14.5 Å². The molecule has 2 rings (SSSR count). The van der Waals surface area contributed by atoms with Gasteiger partial charge in [-0.25, -0.2) is 19.0 Å². The highest BCUT2D eigenvalue weighted by Crippen LogP contribution is 2.11. The summed E-state index contributed by atoms with van der Waals surface area (Å²) in [5, 5.41) is 9.21. The highest BCUT2D eigenvalue weighted by Gasteiger charge is 2.05. The molecular formula is C9H7N3O4. The van der Waals surface area contributed by atoms with E-state index in [2.05, 4.69) is 0 Å². The third-order valence-electron chi connectivity index (χ3n) is 1.94. The zero-order valence-corrected chi connectivity index (χ0v) is 7.93. The number of benzene rings is 1. The monoisotopic (exact) mass is 221 g/mol. The van der Waals surface area contributed by atoms with Gasteiger partial charge < -0.3 is 5.11 Å². The summed E-state index contributed by atoms with van der Waals surface area (Å²) in [6.45, 7) is 0. The van der Waals surface area contributed by atoms with Crippen molar-refractivity contribution >= 4 is 0 Å². The number of phenols is 1. The van der Waals surface area contributed by atoms with Crippen molar-refractivity contribution in [3.8, 4) is 11.4 Å². The molecule has 1 aromatic heterocycles. The first-order valence-electron chi connectivity index (χ1n) is 4.33. The van der Waals surface area contributed by atoms with Crippen LogP contribution in [0.5, 0.6) is 5.75 Å². The Hall–Kier alpha value is -2.57. The van der Waals surface area contributed by atoms with E-state index >= 15 is 0 Å². The average molecular weight is 221 g/mol. The number of nitrogens with zero attached hydrogens (tertiary/aromatic N) is 1. The molecule has 0 aliphatic heterocycles. The van der Waals surface area contributed by atoms with Gasteiger partial charge in [0.25, 0.3) is 0 Å². The first kappa shape index (κ1) is 9.97. The van der Waals surface area contributed by atoms with Crippen LogP contribution >= 0.6 is 0 Å². The number of hydrogen-bond donors (Lipinski definition) is 3. The molecule has 0 aliphatic carbocycles. The Morgan fingerprint density at radius 2 is 1.69 bits per heavy atom. The van der Waals surface area contributed by atoms with Crippen molar-refractivity contribution in [2.45, 2.75) is 0 Å². The van der Waals surface area contributed by atoms with Gasteiger partial charge in [0.15, 0.2) is 0 Å². The Morgan fingerprint density at radius 1 is 1.06 bits per heavy atom. The minimum absolute atomic E-state index is 0.0880. The van der Waals surface area contributed by atoms with Crippen LogP contribution in [0.15, 0.2) is 38.6 Å². The molecule has 0 amide bonds. The fourth-order valence-corrected chi connectivity index (χ4v) is 1.30. The quantitative estimate of drug-likeness (QED) is 0.569. The minimum Gasteiger partial charge on any atom is -0.508 e. The lowest BCUT2D eigenvalue weighted by Gasteiger charge is -2.02. The van der Waals surface area contributed by atoms with Gasteiger partial charge in [-0.05, 0) is 12.1 Å². The molecule has 16 heavy (non-hydrogen) atoms. The minimum atomic E-state index is -0.869. The van der Waals surface area contributed by atoms with E-state index in [0.717, 1.165) is 0 Å². The number of aromatic hydroxyl groups is 1. The molecular weight excluding hydrogens is 214 g/mol. The second-order valence-corrected chi connectivity index (χ2v) is 3.04. The van der Waals surface area contributed by atoms with Crippen molar-refractivity contribution in [2.75, 3.05) is 0 Å². The summed E-state index contributed by atoms with van der Waals surface area (Å²) in [6, 6.07) is 5.56. The summed E-state index contributed by atoms with van der Waals surface area (Å²) in [7, 11) is 0. The van der Waals surface area contributed by atoms with Crippen molar-refractivity contribution in [3.05, 3.63) is 55.7 Å². The number of nitrogens with one attached hydrogen (secondary N) is 2. The summed E-state index contributed by atoms with van der Waals surface area (Å²) in [6.07, 6.45) is 0. The third-order valence-corrected chi connectivity index (χ3v) is 1.94. The molecule has 7 heteroatoms. The second kappa shape index (κ2) is 3.54. The molecule has 3 N–H and O–H groups in total.